The van der Waals surface area contributed by atoms with Crippen LogP contribution in [0.4, 0.5) is 18.9 Å². The Morgan fingerprint density at radius 2 is 1.88 bits per heavy atom. The number of anilines is 1. The molecule has 1 amide bonds. The zero-order valence-corrected chi connectivity index (χ0v) is 18.9. The van der Waals surface area contributed by atoms with Crippen molar-refractivity contribution in [1.82, 2.24) is 9.80 Å². The maximum atomic E-state index is 12.9. The van der Waals surface area contributed by atoms with Gasteiger partial charge in [-0.05, 0) is 35.9 Å². The van der Waals surface area contributed by atoms with Gasteiger partial charge in [0.25, 0.3) is 5.91 Å². The van der Waals surface area contributed by atoms with Gasteiger partial charge in [-0.15, -0.1) is 13.2 Å². The second-order valence-electron chi connectivity index (χ2n) is 7.19. The van der Waals surface area contributed by atoms with Gasteiger partial charge in [-0.1, -0.05) is 30.7 Å². The van der Waals surface area contributed by atoms with Crippen molar-refractivity contribution in [2.75, 3.05) is 36.7 Å². The molecule has 1 heterocycles. The topological polar surface area (TPSA) is 61.9 Å². The Hall–Kier alpha value is -2.30. The largest absolute Gasteiger partial charge is 0.573 e. The first kappa shape index (κ1) is 24.3. The van der Waals surface area contributed by atoms with Crippen molar-refractivity contribution in [2.24, 2.45) is 0 Å². The summed E-state index contributed by atoms with van der Waals surface area (Å²) in [7, 11) is -1.57. The molecular weight excluding hydrogens is 467 g/mol. The molecule has 0 aliphatic carbocycles. The smallest absolute Gasteiger partial charge is 0.404 e. The number of nitrogens with zero attached hydrogens (tertiary/aromatic N) is 2. The first-order chi connectivity index (χ1) is 15.1. The number of piperazine rings is 1. The number of carbonyl (C=O) groups is 1. The molecule has 1 aliphatic heterocycles. The Balaban J connectivity index is 1.67. The zero-order chi connectivity index (χ0) is 23.3. The molecule has 174 valence electrons. The van der Waals surface area contributed by atoms with Crippen LogP contribution in [0, 0.1) is 0 Å². The van der Waals surface area contributed by atoms with E-state index in [1.54, 1.807) is 17.9 Å². The van der Waals surface area contributed by atoms with E-state index in [9.17, 15) is 22.2 Å². The fraction of sp³-hybridized carbons (Fsp3) is 0.381. The third kappa shape index (κ3) is 6.85. The summed E-state index contributed by atoms with van der Waals surface area (Å²) in [6, 6.07) is 11.3. The van der Waals surface area contributed by atoms with E-state index in [-0.39, 0.29) is 22.9 Å². The molecule has 0 spiro atoms. The number of benzene rings is 2. The third-order valence-corrected chi connectivity index (χ3v) is 6.10. The molecule has 32 heavy (non-hydrogen) atoms. The van der Waals surface area contributed by atoms with Crippen LogP contribution in [0.3, 0.4) is 0 Å². The molecule has 0 aromatic heterocycles. The van der Waals surface area contributed by atoms with Crippen LogP contribution in [0.25, 0.3) is 0 Å². The van der Waals surface area contributed by atoms with Gasteiger partial charge in [0.1, 0.15) is 11.0 Å². The lowest BCUT2D eigenvalue weighted by atomic mass is 10.1. The fourth-order valence-corrected chi connectivity index (χ4v) is 4.10. The minimum absolute atomic E-state index is 0.0698. The van der Waals surface area contributed by atoms with Crippen LogP contribution >= 0.6 is 11.6 Å². The number of halogens is 4. The number of hydrogen-bond donors (Lipinski definition) is 1. The molecule has 0 saturated carbocycles. The van der Waals surface area contributed by atoms with Crippen LogP contribution in [-0.2, 0) is 17.5 Å². The molecule has 11 heteroatoms. The highest BCUT2D eigenvalue weighted by molar-refractivity contribution is 7.86. The van der Waals surface area contributed by atoms with Gasteiger partial charge in [0.2, 0.25) is 0 Å². The molecule has 1 saturated heterocycles. The lowest BCUT2D eigenvalue weighted by Crippen LogP contribution is -2.48. The molecule has 0 radical (unpaired) electrons. The SMILES string of the molecule is CCS(=O)Nc1ccc(C(=O)N2CCN(Cc3cccc(Cl)c3)CC2)cc1OC(F)(F)F. The van der Waals surface area contributed by atoms with Crippen LogP contribution in [0.2, 0.25) is 5.02 Å². The standard InChI is InChI=1S/C21H23ClF3N3O3S/c1-2-32(30)26-18-7-6-16(13-19(18)31-21(23,24)25)20(29)28-10-8-27(9-11-28)14-15-4-3-5-17(22)12-15/h3-7,12-13,26H,2,8-11,14H2,1H3. The number of carbonyl (C=O) groups excluding carboxylic acids is 1. The Labute approximate surface area is 191 Å². The molecule has 2 aromatic rings. The first-order valence-corrected chi connectivity index (χ1v) is 11.6. The van der Waals surface area contributed by atoms with Gasteiger partial charge in [-0.2, -0.15) is 0 Å². The molecule has 1 N–H and O–H groups in total. The molecule has 2 aromatic carbocycles. The van der Waals surface area contributed by atoms with E-state index >= 15 is 0 Å². The molecule has 6 nitrogen and oxygen atoms in total. The lowest BCUT2D eigenvalue weighted by Gasteiger charge is -2.35. The summed E-state index contributed by atoms with van der Waals surface area (Å²) in [4.78, 5) is 16.7. The van der Waals surface area contributed by atoms with Gasteiger partial charge >= 0.3 is 6.36 Å². The Kier molecular flexibility index (Phi) is 8.02. The Bertz CT molecular complexity index is 982. The van der Waals surface area contributed by atoms with Crippen LogP contribution in [-0.4, -0.2) is 58.2 Å². The van der Waals surface area contributed by atoms with E-state index in [1.807, 2.05) is 18.2 Å². The zero-order valence-electron chi connectivity index (χ0n) is 17.3. The van der Waals surface area contributed by atoms with Crippen molar-refractivity contribution in [1.29, 1.82) is 0 Å². The summed E-state index contributed by atoms with van der Waals surface area (Å²) in [5.74, 6) is -0.779. The highest BCUT2D eigenvalue weighted by Crippen LogP contribution is 2.32. The van der Waals surface area contributed by atoms with Gasteiger partial charge in [0.15, 0.2) is 5.75 Å². The molecule has 3 rings (SSSR count). The maximum absolute atomic E-state index is 12.9. The average Bonchev–Trinajstić information content (AvgIpc) is 2.74. The highest BCUT2D eigenvalue weighted by Gasteiger charge is 2.33. The second kappa shape index (κ2) is 10.5. The number of hydrogen-bond acceptors (Lipinski definition) is 4. The van der Waals surface area contributed by atoms with Crippen molar-refractivity contribution < 1.29 is 26.9 Å². The van der Waals surface area contributed by atoms with Crippen molar-refractivity contribution in [2.45, 2.75) is 19.8 Å². The predicted molar refractivity (Wildman–Crippen MR) is 118 cm³/mol. The highest BCUT2D eigenvalue weighted by atomic mass is 35.5. The minimum atomic E-state index is -4.95. The normalized spacial score (nSPS) is 16.0. The molecule has 1 atom stereocenters. The molecule has 1 unspecified atom stereocenters. The van der Waals surface area contributed by atoms with E-state index in [0.717, 1.165) is 11.6 Å². The average molecular weight is 490 g/mol. The summed E-state index contributed by atoms with van der Waals surface area (Å²) in [5, 5.41) is 0.661. The lowest BCUT2D eigenvalue weighted by molar-refractivity contribution is -0.274. The number of ether oxygens (including phenoxy) is 1. The van der Waals surface area contributed by atoms with Gasteiger partial charge in [-0.3, -0.25) is 9.69 Å². The van der Waals surface area contributed by atoms with Crippen molar-refractivity contribution in [3.05, 3.63) is 58.6 Å². The summed E-state index contributed by atoms with van der Waals surface area (Å²) < 4.78 is 56.8. The van der Waals surface area contributed by atoms with Gasteiger partial charge in [-0.25, -0.2) is 4.21 Å². The number of nitrogens with one attached hydrogen (secondary N) is 1. The van der Waals surface area contributed by atoms with Crippen LogP contribution in [0.1, 0.15) is 22.8 Å². The van der Waals surface area contributed by atoms with Crippen LogP contribution in [0.15, 0.2) is 42.5 Å². The predicted octanol–water partition coefficient (Wildman–Crippen LogP) is 4.29. The summed E-state index contributed by atoms with van der Waals surface area (Å²) in [6.45, 7) is 4.44. The van der Waals surface area contributed by atoms with E-state index in [0.29, 0.717) is 37.7 Å². The van der Waals surface area contributed by atoms with E-state index in [1.165, 1.54) is 12.1 Å². The number of amides is 1. The van der Waals surface area contributed by atoms with Crippen molar-refractivity contribution in [3.63, 3.8) is 0 Å². The quantitative estimate of drug-likeness (QED) is 0.630. The molecule has 1 aliphatic rings. The minimum Gasteiger partial charge on any atom is -0.404 e. The number of rotatable bonds is 7. The summed E-state index contributed by atoms with van der Waals surface area (Å²) in [6.07, 6.45) is -4.95. The van der Waals surface area contributed by atoms with Crippen LogP contribution < -0.4 is 9.46 Å². The summed E-state index contributed by atoms with van der Waals surface area (Å²) >= 11 is 6.02. The second-order valence-corrected chi connectivity index (χ2v) is 9.10. The van der Waals surface area contributed by atoms with Gasteiger partial charge in [0, 0.05) is 49.1 Å². The van der Waals surface area contributed by atoms with Crippen molar-refractivity contribution in [3.8, 4) is 5.75 Å². The van der Waals surface area contributed by atoms with E-state index in [2.05, 4.69) is 14.4 Å². The fourth-order valence-electron chi connectivity index (χ4n) is 3.33. The maximum Gasteiger partial charge on any atom is 0.573 e. The van der Waals surface area contributed by atoms with Gasteiger partial charge in [0.05, 0.1) is 5.69 Å². The monoisotopic (exact) mass is 489 g/mol. The third-order valence-electron chi connectivity index (χ3n) is 4.89. The number of alkyl halides is 3. The van der Waals surface area contributed by atoms with Crippen molar-refractivity contribution >= 4 is 34.2 Å². The Morgan fingerprint density at radius 3 is 2.50 bits per heavy atom. The first-order valence-electron chi connectivity index (χ1n) is 9.95. The Morgan fingerprint density at radius 1 is 1.16 bits per heavy atom. The molecular formula is C21H23ClF3N3O3S. The van der Waals surface area contributed by atoms with Crippen LogP contribution in [0.5, 0.6) is 5.75 Å². The molecule has 0 bridgehead atoms. The van der Waals surface area contributed by atoms with E-state index in [4.69, 9.17) is 11.6 Å². The summed E-state index contributed by atoms with van der Waals surface area (Å²) in [5.41, 5.74) is 1.05. The van der Waals surface area contributed by atoms with E-state index < -0.39 is 23.1 Å². The van der Waals surface area contributed by atoms with Gasteiger partial charge < -0.3 is 14.4 Å². The molecule has 1 fully saturated rings.